The standard InChI is InChI=1S/C54H35NS2/c1-3-11-36(12-4-1)38-25-30-43(31-26-38)55(50-19-10-18-48-47-17-9-16-45(53(47)57-54(48)50)41-13-5-2-6-14-41)44-32-27-39(28-33-44)37-21-23-40(24-22-37)42-29-34-52-49(35-42)46-15-7-8-20-51(46)56-52/h1-35H. The first-order valence-electron chi connectivity index (χ1n) is 19.3. The maximum Gasteiger partial charge on any atom is 0.0640 e. The highest BCUT2D eigenvalue weighted by Crippen LogP contribution is 2.47. The minimum Gasteiger partial charge on any atom is -0.309 e. The molecule has 11 aromatic rings. The van der Waals surface area contributed by atoms with Gasteiger partial charge < -0.3 is 4.90 Å². The zero-order valence-electron chi connectivity index (χ0n) is 31.0. The average Bonchev–Trinajstić information content (AvgIpc) is 3.86. The van der Waals surface area contributed by atoms with Crippen LogP contribution < -0.4 is 4.90 Å². The lowest BCUT2D eigenvalue weighted by molar-refractivity contribution is 1.30. The maximum atomic E-state index is 2.42. The molecule has 0 radical (unpaired) electrons. The second-order valence-electron chi connectivity index (χ2n) is 14.5. The summed E-state index contributed by atoms with van der Waals surface area (Å²) in [4.78, 5) is 2.42. The molecule has 0 spiro atoms. The normalized spacial score (nSPS) is 11.5. The van der Waals surface area contributed by atoms with Crippen LogP contribution >= 0.6 is 22.7 Å². The van der Waals surface area contributed by atoms with E-state index in [4.69, 9.17) is 0 Å². The molecule has 3 heteroatoms. The molecule has 0 bridgehead atoms. The molecular formula is C54H35NS2. The van der Waals surface area contributed by atoms with Gasteiger partial charge in [-0.3, -0.25) is 0 Å². The Hall–Kier alpha value is -6.78. The first-order chi connectivity index (χ1) is 28.2. The van der Waals surface area contributed by atoms with Crippen LogP contribution in [0.15, 0.2) is 212 Å². The molecule has 0 N–H and O–H groups in total. The molecule has 0 saturated carbocycles. The summed E-state index contributed by atoms with van der Waals surface area (Å²) in [7, 11) is 0. The van der Waals surface area contributed by atoms with Crippen LogP contribution in [0.25, 0.3) is 84.9 Å². The maximum absolute atomic E-state index is 2.42. The van der Waals surface area contributed by atoms with Crippen molar-refractivity contribution in [3.8, 4) is 44.5 Å². The van der Waals surface area contributed by atoms with Gasteiger partial charge in [0.1, 0.15) is 0 Å². The lowest BCUT2D eigenvalue weighted by Gasteiger charge is -2.26. The number of rotatable bonds is 7. The highest BCUT2D eigenvalue weighted by Gasteiger charge is 2.20. The fourth-order valence-corrected chi connectivity index (χ4v) is 10.7. The highest BCUT2D eigenvalue weighted by molar-refractivity contribution is 7.27. The minimum absolute atomic E-state index is 1.12. The molecule has 0 fully saturated rings. The summed E-state index contributed by atoms with van der Waals surface area (Å²) in [5.41, 5.74) is 13.2. The molecule has 0 atom stereocenters. The van der Waals surface area contributed by atoms with Crippen molar-refractivity contribution < 1.29 is 0 Å². The number of hydrogen-bond donors (Lipinski definition) is 0. The van der Waals surface area contributed by atoms with Crippen molar-refractivity contribution in [1.82, 2.24) is 0 Å². The average molecular weight is 762 g/mol. The smallest absolute Gasteiger partial charge is 0.0640 e. The van der Waals surface area contributed by atoms with Crippen LogP contribution in [0.5, 0.6) is 0 Å². The summed E-state index contributed by atoms with van der Waals surface area (Å²) in [5.74, 6) is 0. The quantitative estimate of drug-likeness (QED) is 0.156. The van der Waals surface area contributed by atoms with Gasteiger partial charge in [0.2, 0.25) is 0 Å². The fraction of sp³-hybridized carbons (Fsp3) is 0. The Morgan fingerprint density at radius 3 is 1.42 bits per heavy atom. The van der Waals surface area contributed by atoms with E-state index < -0.39 is 0 Å². The molecule has 1 nitrogen and oxygen atoms in total. The summed E-state index contributed by atoms with van der Waals surface area (Å²) in [6.07, 6.45) is 0. The predicted molar refractivity (Wildman–Crippen MR) is 249 cm³/mol. The SMILES string of the molecule is c1ccc(-c2ccc(N(c3ccc(-c4ccc(-c5ccc6sc7ccccc7c6c5)cc4)cc3)c3cccc4c3sc3c(-c5ccccc5)cccc34)cc2)cc1. The van der Waals surface area contributed by atoms with Crippen LogP contribution in [-0.4, -0.2) is 0 Å². The number of fused-ring (bicyclic) bond motifs is 6. The molecule has 268 valence electrons. The molecule has 0 amide bonds. The second-order valence-corrected chi connectivity index (χ2v) is 16.6. The largest absolute Gasteiger partial charge is 0.309 e. The Kier molecular flexibility index (Phi) is 8.28. The van der Waals surface area contributed by atoms with Crippen LogP contribution in [0.4, 0.5) is 17.1 Å². The van der Waals surface area contributed by atoms with Crippen LogP contribution in [-0.2, 0) is 0 Å². The Labute approximate surface area is 340 Å². The van der Waals surface area contributed by atoms with Crippen molar-refractivity contribution in [2.75, 3.05) is 4.90 Å². The zero-order chi connectivity index (χ0) is 37.7. The summed E-state index contributed by atoms with van der Waals surface area (Å²) in [6.45, 7) is 0. The molecule has 0 aliphatic carbocycles. The van der Waals surface area contributed by atoms with Crippen molar-refractivity contribution in [2.24, 2.45) is 0 Å². The lowest BCUT2D eigenvalue weighted by atomic mass is 9.99. The molecule has 0 unspecified atom stereocenters. The monoisotopic (exact) mass is 761 g/mol. The summed E-state index contributed by atoms with van der Waals surface area (Å²) >= 11 is 3.75. The molecule has 9 aromatic carbocycles. The van der Waals surface area contributed by atoms with Crippen molar-refractivity contribution >= 4 is 80.1 Å². The topological polar surface area (TPSA) is 3.24 Å². The zero-order valence-corrected chi connectivity index (χ0v) is 32.6. The van der Waals surface area contributed by atoms with Gasteiger partial charge in [0.15, 0.2) is 0 Å². The molecule has 11 rings (SSSR count). The van der Waals surface area contributed by atoms with Gasteiger partial charge in [0.25, 0.3) is 0 Å². The molecule has 2 heterocycles. The summed E-state index contributed by atoms with van der Waals surface area (Å²) in [5, 5.41) is 5.23. The third-order valence-corrected chi connectivity index (χ3v) is 13.5. The Balaban J connectivity index is 0.983. The third kappa shape index (κ3) is 6.00. The highest BCUT2D eigenvalue weighted by atomic mass is 32.1. The van der Waals surface area contributed by atoms with Crippen LogP contribution in [0.1, 0.15) is 0 Å². The molecular weight excluding hydrogens is 727 g/mol. The first-order valence-corrected chi connectivity index (χ1v) is 21.0. The molecule has 0 aliphatic heterocycles. The van der Waals surface area contributed by atoms with Gasteiger partial charge in [-0.1, -0.05) is 164 Å². The van der Waals surface area contributed by atoms with E-state index in [1.54, 1.807) is 0 Å². The summed E-state index contributed by atoms with van der Waals surface area (Å²) < 4.78 is 5.26. The second kappa shape index (κ2) is 14.1. The van der Waals surface area contributed by atoms with Crippen LogP contribution in [0, 0.1) is 0 Å². The van der Waals surface area contributed by atoms with Gasteiger partial charge in [-0.2, -0.15) is 0 Å². The van der Waals surface area contributed by atoms with Gasteiger partial charge in [0.05, 0.1) is 10.4 Å². The van der Waals surface area contributed by atoms with E-state index in [9.17, 15) is 0 Å². The van der Waals surface area contributed by atoms with E-state index in [-0.39, 0.29) is 0 Å². The number of benzene rings is 9. The Bertz CT molecular complexity index is 3200. The van der Waals surface area contributed by atoms with Gasteiger partial charge in [0, 0.05) is 47.0 Å². The van der Waals surface area contributed by atoms with Gasteiger partial charge in [-0.05, 0) is 93.0 Å². The summed E-state index contributed by atoms with van der Waals surface area (Å²) in [6, 6.07) is 77.5. The number of nitrogens with zero attached hydrogens (tertiary/aromatic N) is 1. The fourth-order valence-electron chi connectivity index (χ4n) is 8.25. The number of hydrogen-bond acceptors (Lipinski definition) is 3. The van der Waals surface area contributed by atoms with E-state index in [1.807, 2.05) is 22.7 Å². The minimum atomic E-state index is 1.12. The number of thiophene rings is 2. The molecule has 0 aliphatic rings. The van der Waals surface area contributed by atoms with E-state index in [0.29, 0.717) is 0 Å². The van der Waals surface area contributed by atoms with Crippen LogP contribution in [0.3, 0.4) is 0 Å². The predicted octanol–water partition coefficient (Wildman–Crippen LogP) is 16.6. The van der Waals surface area contributed by atoms with Crippen molar-refractivity contribution in [3.63, 3.8) is 0 Å². The first kappa shape index (κ1) is 33.5. The van der Waals surface area contributed by atoms with Crippen molar-refractivity contribution in [2.45, 2.75) is 0 Å². The van der Waals surface area contributed by atoms with Gasteiger partial charge in [-0.25, -0.2) is 0 Å². The molecule has 0 saturated heterocycles. The van der Waals surface area contributed by atoms with E-state index >= 15 is 0 Å². The van der Waals surface area contributed by atoms with Gasteiger partial charge in [-0.15, -0.1) is 22.7 Å². The lowest BCUT2D eigenvalue weighted by Crippen LogP contribution is -2.10. The van der Waals surface area contributed by atoms with Gasteiger partial charge >= 0.3 is 0 Å². The Morgan fingerprint density at radius 1 is 0.281 bits per heavy atom. The van der Waals surface area contributed by atoms with E-state index in [2.05, 4.69) is 217 Å². The third-order valence-electron chi connectivity index (χ3n) is 11.1. The number of anilines is 3. The molecule has 57 heavy (non-hydrogen) atoms. The van der Waals surface area contributed by atoms with Crippen molar-refractivity contribution in [3.05, 3.63) is 212 Å². The van der Waals surface area contributed by atoms with E-state index in [0.717, 1.165) is 11.4 Å². The van der Waals surface area contributed by atoms with Crippen LogP contribution in [0.2, 0.25) is 0 Å². The Morgan fingerprint density at radius 2 is 0.754 bits per heavy atom. The van der Waals surface area contributed by atoms with E-state index in [1.165, 1.54) is 90.5 Å². The van der Waals surface area contributed by atoms with Crippen molar-refractivity contribution in [1.29, 1.82) is 0 Å². The molecule has 2 aromatic heterocycles.